The Balaban J connectivity index is 2.76. The van der Waals surface area contributed by atoms with Gasteiger partial charge in [-0.1, -0.05) is 29.8 Å². The van der Waals surface area contributed by atoms with E-state index in [0.717, 1.165) is 6.54 Å². The first-order chi connectivity index (χ1) is 6.09. The van der Waals surface area contributed by atoms with Crippen LogP contribution in [0.25, 0.3) is 0 Å². The lowest BCUT2D eigenvalue weighted by atomic mass is 10.1. The Labute approximate surface area is 78.7 Å². The quantitative estimate of drug-likeness (QED) is 0.391. The Bertz CT molecular complexity index is 307. The van der Waals surface area contributed by atoms with Crippen molar-refractivity contribution in [2.24, 2.45) is 11.5 Å². The zero-order valence-corrected chi connectivity index (χ0v) is 8.12. The highest BCUT2D eigenvalue weighted by Gasteiger charge is 1.98. The molecule has 0 spiro atoms. The minimum absolute atomic E-state index is 0.348. The number of guanidine groups is 1. The van der Waals surface area contributed by atoms with Gasteiger partial charge >= 0.3 is 5.96 Å². The van der Waals surface area contributed by atoms with Gasteiger partial charge in [-0.3, -0.25) is 16.0 Å². The average Bonchev–Trinajstić information content (AvgIpc) is 2.08. The smallest absolute Gasteiger partial charge is 0.291 e. The molecule has 0 atom stereocenters. The number of nitrogens with two attached hydrogens (primary N) is 2. The van der Waals surface area contributed by atoms with E-state index >= 15 is 0 Å². The predicted octanol–water partition coefficient (Wildman–Crippen LogP) is 0.411. The van der Waals surface area contributed by atoms with E-state index in [2.05, 4.69) is 31.2 Å². The number of rotatable bonds is 2. The van der Waals surface area contributed by atoms with Gasteiger partial charge in [-0.05, 0) is 12.5 Å². The molecule has 0 heterocycles. The van der Waals surface area contributed by atoms with Crippen molar-refractivity contribution in [2.75, 3.05) is 7.05 Å². The summed E-state index contributed by atoms with van der Waals surface area (Å²) in [6.07, 6.45) is 0. The van der Waals surface area contributed by atoms with Crippen LogP contribution in [-0.2, 0) is 6.54 Å². The summed E-state index contributed by atoms with van der Waals surface area (Å²) < 4.78 is 1.81. The molecule has 70 valence electrons. The SMILES string of the molecule is Cc1ccc(C[N+](C)=C(N)N)cc1. The molecule has 0 saturated heterocycles. The Morgan fingerprint density at radius 2 is 1.77 bits per heavy atom. The standard InChI is InChI=1S/C10H15N3/c1-8-3-5-9(6-4-8)7-13(2)10(11)12/h3-6H,7H2,1-2H3,(H3,11,12)/p+1. The molecule has 13 heavy (non-hydrogen) atoms. The van der Waals surface area contributed by atoms with Crippen molar-refractivity contribution in [3.63, 3.8) is 0 Å². The summed E-state index contributed by atoms with van der Waals surface area (Å²) in [7, 11) is 1.87. The molecule has 1 aromatic carbocycles. The van der Waals surface area contributed by atoms with Crippen molar-refractivity contribution in [1.82, 2.24) is 0 Å². The Kier molecular flexibility index (Phi) is 2.90. The molecule has 0 amide bonds. The molecule has 1 aromatic rings. The van der Waals surface area contributed by atoms with Crippen molar-refractivity contribution in [2.45, 2.75) is 13.5 Å². The summed E-state index contributed by atoms with van der Waals surface area (Å²) in [5.41, 5.74) is 13.3. The Morgan fingerprint density at radius 3 is 2.23 bits per heavy atom. The molecule has 0 bridgehead atoms. The summed E-state index contributed by atoms with van der Waals surface area (Å²) in [6.45, 7) is 2.82. The van der Waals surface area contributed by atoms with Crippen LogP contribution >= 0.6 is 0 Å². The summed E-state index contributed by atoms with van der Waals surface area (Å²) >= 11 is 0. The van der Waals surface area contributed by atoms with E-state index in [1.807, 2.05) is 11.6 Å². The molecule has 0 unspecified atom stereocenters. The van der Waals surface area contributed by atoms with Gasteiger partial charge in [0.1, 0.15) is 0 Å². The van der Waals surface area contributed by atoms with Gasteiger partial charge in [0, 0.05) is 0 Å². The van der Waals surface area contributed by atoms with Crippen LogP contribution in [0.2, 0.25) is 0 Å². The number of aryl methyl sites for hydroxylation is 1. The van der Waals surface area contributed by atoms with E-state index in [-0.39, 0.29) is 0 Å². The minimum Gasteiger partial charge on any atom is -0.291 e. The fourth-order valence-corrected chi connectivity index (χ4v) is 1.06. The summed E-state index contributed by atoms with van der Waals surface area (Å²) in [5, 5.41) is 0. The molecule has 0 aliphatic rings. The third-order valence-corrected chi connectivity index (χ3v) is 1.98. The largest absolute Gasteiger partial charge is 0.341 e. The van der Waals surface area contributed by atoms with Crippen LogP contribution in [0, 0.1) is 6.92 Å². The fraction of sp³-hybridized carbons (Fsp3) is 0.300. The number of nitrogens with zero attached hydrogens (tertiary/aromatic N) is 1. The van der Waals surface area contributed by atoms with Gasteiger partial charge in [0.05, 0.1) is 13.6 Å². The molecule has 1 rings (SSSR count). The molecule has 0 aliphatic carbocycles. The van der Waals surface area contributed by atoms with Crippen LogP contribution in [0.15, 0.2) is 24.3 Å². The third kappa shape index (κ3) is 2.78. The second-order valence-electron chi connectivity index (χ2n) is 3.27. The van der Waals surface area contributed by atoms with E-state index in [1.165, 1.54) is 11.1 Å². The molecule has 3 nitrogen and oxygen atoms in total. The highest BCUT2D eigenvalue weighted by atomic mass is 15.1. The predicted molar refractivity (Wildman–Crippen MR) is 54.4 cm³/mol. The molecule has 3 heteroatoms. The van der Waals surface area contributed by atoms with Gasteiger partial charge < -0.3 is 0 Å². The highest BCUT2D eigenvalue weighted by Crippen LogP contribution is 2.03. The van der Waals surface area contributed by atoms with Crippen molar-refractivity contribution in [1.29, 1.82) is 0 Å². The van der Waals surface area contributed by atoms with Crippen LogP contribution in [0.5, 0.6) is 0 Å². The number of hydrogen-bond acceptors (Lipinski definition) is 0. The second-order valence-corrected chi connectivity index (χ2v) is 3.27. The Morgan fingerprint density at radius 1 is 1.23 bits per heavy atom. The second kappa shape index (κ2) is 3.94. The first kappa shape index (κ1) is 9.58. The third-order valence-electron chi connectivity index (χ3n) is 1.98. The van der Waals surface area contributed by atoms with Crippen molar-refractivity contribution < 1.29 is 4.58 Å². The van der Waals surface area contributed by atoms with Crippen LogP contribution in [0.3, 0.4) is 0 Å². The van der Waals surface area contributed by atoms with Gasteiger partial charge in [0.25, 0.3) is 0 Å². The Hall–Kier alpha value is -1.51. The van der Waals surface area contributed by atoms with Crippen LogP contribution in [0.4, 0.5) is 0 Å². The first-order valence-electron chi connectivity index (χ1n) is 4.24. The van der Waals surface area contributed by atoms with Gasteiger partial charge in [0.2, 0.25) is 0 Å². The zero-order valence-electron chi connectivity index (χ0n) is 8.12. The molecular formula is C10H16N3+. The molecule has 0 aromatic heterocycles. The van der Waals surface area contributed by atoms with E-state index in [1.54, 1.807) is 0 Å². The van der Waals surface area contributed by atoms with E-state index < -0.39 is 0 Å². The molecule has 0 saturated carbocycles. The first-order valence-corrected chi connectivity index (χ1v) is 4.24. The summed E-state index contributed by atoms with van der Waals surface area (Å²) in [6, 6.07) is 8.31. The van der Waals surface area contributed by atoms with E-state index in [9.17, 15) is 0 Å². The zero-order chi connectivity index (χ0) is 9.84. The van der Waals surface area contributed by atoms with Gasteiger partial charge in [0.15, 0.2) is 0 Å². The van der Waals surface area contributed by atoms with Gasteiger partial charge in [-0.2, -0.15) is 0 Å². The normalized spacial score (nSPS) is 9.69. The maximum absolute atomic E-state index is 5.43. The lowest BCUT2D eigenvalue weighted by Crippen LogP contribution is -2.33. The van der Waals surface area contributed by atoms with Crippen LogP contribution in [0.1, 0.15) is 11.1 Å². The van der Waals surface area contributed by atoms with E-state index in [0.29, 0.717) is 5.96 Å². The fourth-order valence-electron chi connectivity index (χ4n) is 1.06. The maximum atomic E-state index is 5.43. The van der Waals surface area contributed by atoms with Crippen molar-refractivity contribution in [3.05, 3.63) is 35.4 Å². The van der Waals surface area contributed by atoms with Crippen LogP contribution in [-0.4, -0.2) is 17.6 Å². The lowest BCUT2D eigenvalue weighted by Gasteiger charge is -2.03. The molecule has 4 N–H and O–H groups in total. The summed E-state index contributed by atoms with van der Waals surface area (Å²) in [5.74, 6) is 0.348. The topological polar surface area (TPSA) is 55.0 Å². The maximum Gasteiger partial charge on any atom is 0.341 e. The van der Waals surface area contributed by atoms with Crippen molar-refractivity contribution in [3.8, 4) is 0 Å². The van der Waals surface area contributed by atoms with Crippen LogP contribution < -0.4 is 11.5 Å². The number of hydrogen-bond donors (Lipinski definition) is 2. The summed E-state index contributed by atoms with van der Waals surface area (Å²) in [4.78, 5) is 0. The van der Waals surface area contributed by atoms with Gasteiger partial charge in [-0.25, -0.2) is 0 Å². The molecule has 0 aliphatic heterocycles. The number of benzene rings is 1. The lowest BCUT2D eigenvalue weighted by molar-refractivity contribution is -0.515. The molecule has 0 radical (unpaired) electrons. The minimum atomic E-state index is 0.348. The van der Waals surface area contributed by atoms with E-state index in [4.69, 9.17) is 11.5 Å². The molecule has 0 fully saturated rings. The van der Waals surface area contributed by atoms with Crippen molar-refractivity contribution >= 4 is 5.96 Å². The monoisotopic (exact) mass is 178 g/mol. The average molecular weight is 178 g/mol. The molecular weight excluding hydrogens is 162 g/mol. The highest BCUT2D eigenvalue weighted by molar-refractivity contribution is 5.70. The van der Waals surface area contributed by atoms with Gasteiger partial charge in [-0.15, -0.1) is 0 Å².